The molecule has 0 aromatic carbocycles. The van der Waals surface area contributed by atoms with Gasteiger partial charge in [0.2, 0.25) is 0 Å². The topological polar surface area (TPSA) is 30.5 Å². The highest BCUT2D eigenvalue weighted by atomic mass is 15.5. The lowest BCUT2D eigenvalue weighted by Crippen LogP contribution is -2.72. The van der Waals surface area contributed by atoms with Gasteiger partial charge in [-0.05, 0) is 168 Å². The molecule has 3 aliphatic heterocycles. The van der Waals surface area contributed by atoms with E-state index in [1.165, 1.54) is 154 Å². The van der Waals surface area contributed by atoms with Crippen molar-refractivity contribution in [1.29, 1.82) is 0 Å². The van der Waals surface area contributed by atoms with Crippen LogP contribution in [0.3, 0.4) is 0 Å². The van der Waals surface area contributed by atoms with E-state index in [0.29, 0.717) is 6.29 Å². The number of hydrogen-bond donors (Lipinski definition) is 2. The molecular weight excluding hydrogens is 645 g/mol. The zero-order chi connectivity index (χ0) is 35.0. The lowest BCUT2D eigenvalue weighted by atomic mass is 9.60. The molecule has 8 aliphatic carbocycles. The van der Waals surface area contributed by atoms with Crippen molar-refractivity contribution in [1.82, 2.24) is 20.4 Å². The predicted octanol–water partition coefficient (Wildman–Crippen LogP) is 10.9. The number of allylic oxidation sites excluding steroid dienone is 2. The smallest absolute Gasteiger partial charge is 0.115 e. The van der Waals surface area contributed by atoms with Crippen LogP contribution in [0.2, 0.25) is 0 Å². The van der Waals surface area contributed by atoms with Crippen LogP contribution < -0.4 is 10.6 Å². The highest BCUT2D eigenvalue weighted by Crippen LogP contribution is 2.59. The second kappa shape index (κ2) is 14.8. The zero-order valence-electron chi connectivity index (χ0n) is 34.0. The second-order valence-electron chi connectivity index (χ2n) is 21.8. The summed E-state index contributed by atoms with van der Waals surface area (Å²) >= 11 is 0. The number of nitrogens with one attached hydrogen (secondary N) is 2. The van der Waals surface area contributed by atoms with Crippen LogP contribution in [0.5, 0.6) is 0 Å². The first-order chi connectivity index (χ1) is 26.2. The Hall–Kier alpha value is -0.840. The monoisotopic (exact) mass is 723 g/mol. The number of rotatable bonds is 4. The number of hydrogen-bond acceptors (Lipinski definition) is 4. The Labute approximate surface area is 324 Å². The van der Waals surface area contributed by atoms with Gasteiger partial charge in [-0.1, -0.05) is 83.3 Å². The third-order valence-corrected chi connectivity index (χ3v) is 19.4. The third kappa shape index (κ3) is 6.20. The van der Waals surface area contributed by atoms with Crippen molar-refractivity contribution in [2.45, 2.75) is 223 Å². The van der Waals surface area contributed by atoms with Gasteiger partial charge in [0.15, 0.2) is 0 Å². The number of nitrogens with zero attached hydrogens (tertiary/aromatic N) is 2. The lowest BCUT2D eigenvalue weighted by Gasteiger charge is -2.54. The molecule has 0 spiro atoms. The van der Waals surface area contributed by atoms with E-state index in [2.05, 4.69) is 45.1 Å². The molecule has 0 aromatic rings. The van der Waals surface area contributed by atoms with Crippen LogP contribution in [0.1, 0.15) is 180 Å². The quantitative estimate of drug-likeness (QED) is 0.283. The minimum atomic E-state index is 0.410. The fourth-order valence-electron chi connectivity index (χ4n) is 17.3. The van der Waals surface area contributed by atoms with E-state index in [0.717, 1.165) is 95.4 Å². The van der Waals surface area contributed by atoms with E-state index in [1.807, 2.05) is 5.70 Å². The molecule has 0 bridgehead atoms. The molecule has 0 aromatic heterocycles. The molecule has 16 atom stereocenters. The van der Waals surface area contributed by atoms with Gasteiger partial charge in [-0.2, -0.15) is 0 Å². The van der Waals surface area contributed by atoms with Crippen molar-refractivity contribution in [3.05, 3.63) is 23.4 Å². The Kier molecular flexibility index (Phi) is 9.89. The molecule has 2 N–H and O–H groups in total. The summed E-state index contributed by atoms with van der Waals surface area (Å²) in [5.74, 6) is 9.28. The van der Waals surface area contributed by atoms with Gasteiger partial charge in [-0.3, -0.25) is 15.5 Å². The highest BCUT2D eigenvalue weighted by molar-refractivity contribution is 5.32. The van der Waals surface area contributed by atoms with Crippen LogP contribution >= 0.6 is 0 Å². The van der Waals surface area contributed by atoms with Crippen molar-refractivity contribution in [2.75, 3.05) is 0 Å². The molecule has 0 amide bonds. The second-order valence-corrected chi connectivity index (χ2v) is 21.8. The van der Waals surface area contributed by atoms with Gasteiger partial charge in [-0.15, -0.1) is 0 Å². The van der Waals surface area contributed by atoms with E-state index in [-0.39, 0.29) is 0 Å². The van der Waals surface area contributed by atoms with E-state index in [4.69, 9.17) is 0 Å². The molecule has 4 heteroatoms. The summed E-state index contributed by atoms with van der Waals surface area (Å²) in [4.78, 5) is 6.36. The maximum atomic E-state index is 4.49. The van der Waals surface area contributed by atoms with Gasteiger partial charge in [-0.25, -0.2) is 0 Å². The molecule has 294 valence electrons. The fourth-order valence-corrected chi connectivity index (χ4v) is 17.3. The first kappa shape index (κ1) is 35.3. The van der Waals surface area contributed by atoms with Crippen LogP contribution in [0.4, 0.5) is 0 Å². The Morgan fingerprint density at radius 1 is 0.585 bits per heavy atom. The van der Waals surface area contributed by atoms with E-state index in [9.17, 15) is 0 Å². The van der Waals surface area contributed by atoms with Crippen molar-refractivity contribution in [3.63, 3.8) is 0 Å². The molecular formula is C49H78N4. The van der Waals surface area contributed by atoms with Gasteiger partial charge in [0, 0.05) is 47.9 Å². The molecule has 0 radical (unpaired) electrons. The average Bonchev–Trinajstić information content (AvgIpc) is 3.73. The van der Waals surface area contributed by atoms with Crippen molar-refractivity contribution in [3.8, 4) is 0 Å². The standard InChI is InChI=1S/C49H78N4/c1-31-12-11-16-36(28-31)52-45-26-24-35(30-41(45)47-37-17-6-5-13-32(37)22-27-46(47)52)34-23-25-44-40(29-34)38-18-8-10-21-43(38)53(44)49-50-42-20-9-7-19-39(42)48(51-49)33-14-3-2-4-15-33/h8,18,31-40,42-44,46-51H,2-7,9-17,19-30H2,1H3/t31-,32?,34?,35?,36?,37?,38?,39?,40?,42?,43?,44?,46?,47?,48?,49?/m0/s1. The normalized spacial score (nSPS) is 50.5. The molecule has 4 nitrogen and oxygen atoms in total. The maximum absolute atomic E-state index is 4.49. The van der Waals surface area contributed by atoms with Crippen LogP contribution in [-0.2, 0) is 0 Å². The van der Waals surface area contributed by atoms with E-state index >= 15 is 0 Å². The summed E-state index contributed by atoms with van der Waals surface area (Å²) in [5, 5.41) is 8.89. The molecule has 3 heterocycles. The minimum absolute atomic E-state index is 0.410. The summed E-state index contributed by atoms with van der Waals surface area (Å²) in [5.41, 5.74) is 4.01. The van der Waals surface area contributed by atoms with Gasteiger partial charge in [0.05, 0.1) is 0 Å². The number of likely N-dealkylation sites (tertiary alicyclic amines) is 1. The first-order valence-electron chi connectivity index (χ1n) is 24.7. The third-order valence-electron chi connectivity index (χ3n) is 19.4. The molecule has 53 heavy (non-hydrogen) atoms. The minimum Gasteiger partial charge on any atom is -0.368 e. The Morgan fingerprint density at radius 3 is 2.28 bits per heavy atom. The summed E-state index contributed by atoms with van der Waals surface area (Å²) in [6, 6.07) is 4.75. The van der Waals surface area contributed by atoms with E-state index < -0.39 is 0 Å². The van der Waals surface area contributed by atoms with Crippen LogP contribution in [0.15, 0.2) is 23.4 Å². The molecule has 8 fully saturated rings. The van der Waals surface area contributed by atoms with Gasteiger partial charge < -0.3 is 4.90 Å². The fraction of sp³-hybridized carbons (Fsp3) is 0.918. The number of fused-ring (bicyclic) bond motifs is 8. The van der Waals surface area contributed by atoms with Crippen LogP contribution in [-0.4, -0.2) is 52.3 Å². The van der Waals surface area contributed by atoms with Gasteiger partial charge >= 0.3 is 0 Å². The van der Waals surface area contributed by atoms with Gasteiger partial charge in [0.1, 0.15) is 6.29 Å². The summed E-state index contributed by atoms with van der Waals surface area (Å²) in [6.07, 6.45) is 45.6. The van der Waals surface area contributed by atoms with Crippen LogP contribution in [0.25, 0.3) is 0 Å². The zero-order valence-corrected chi connectivity index (χ0v) is 34.0. The molecule has 15 unspecified atom stereocenters. The molecule has 2 saturated heterocycles. The summed E-state index contributed by atoms with van der Waals surface area (Å²) < 4.78 is 0. The molecule has 6 saturated carbocycles. The largest absolute Gasteiger partial charge is 0.368 e. The Morgan fingerprint density at radius 2 is 1.38 bits per heavy atom. The Balaban J connectivity index is 0.841. The van der Waals surface area contributed by atoms with Crippen molar-refractivity contribution >= 4 is 0 Å². The van der Waals surface area contributed by atoms with Crippen molar-refractivity contribution < 1.29 is 0 Å². The molecule has 11 rings (SSSR count). The first-order valence-corrected chi connectivity index (χ1v) is 24.7. The van der Waals surface area contributed by atoms with Gasteiger partial charge in [0.25, 0.3) is 0 Å². The molecule has 11 aliphatic rings. The SMILES string of the molecule is C[C@H]1CCCC(N2C3=C(CC(C4CCC5C(C4)C4C=CCCC4N5C4NC5CCCCC5C(C5CCCCC5)N4)CC3)C3C4CCCCC4CCC32)C1. The summed E-state index contributed by atoms with van der Waals surface area (Å²) in [6.45, 7) is 2.57. The Bertz CT molecular complexity index is 1360. The predicted molar refractivity (Wildman–Crippen MR) is 218 cm³/mol. The van der Waals surface area contributed by atoms with Crippen molar-refractivity contribution in [2.24, 2.45) is 59.2 Å². The highest BCUT2D eigenvalue weighted by Gasteiger charge is 2.57. The lowest BCUT2D eigenvalue weighted by molar-refractivity contribution is -0.0293. The maximum Gasteiger partial charge on any atom is 0.115 e. The average molecular weight is 723 g/mol. The van der Waals surface area contributed by atoms with E-state index in [1.54, 1.807) is 19.3 Å². The van der Waals surface area contributed by atoms with Crippen LogP contribution in [0, 0.1) is 59.2 Å². The summed E-state index contributed by atoms with van der Waals surface area (Å²) in [7, 11) is 0.